The van der Waals surface area contributed by atoms with Gasteiger partial charge in [0.05, 0.1) is 6.10 Å². The van der Waals surface area contributed by atoms with Gasteiger partial charge in [-0.1, -0.05) is 0 Å². The van der Waals surface area contributed by atoms with Crippen molar-refractivity contribution >= 4 is 0 Å². The summed E-state index contributed by atoms with van der Waals surface area (Å²) in [6.45, 7) is 1.59. The number of hydrogen-bond donors (Lipinski definition) is 4. The maximum Gasteiger partial charge on any atom is 0.103 e. The second-order valence-corrected chi connectivity index (χ2v) is 1.99. The molecule has 1 unspecified atom stereocenters. The molecule has 0 aliphatic heterocycles. The smallest absolute Gasteiger partial charge is 0.103 e. The van der Waals surface area contributed by atoms with Crippen molar-refractivity contribution in [3.8, 4) is 0 Å². The van der Waals surface area contributed by atoms with E-state index in [9.17, 15) is 0 Å². The predicted molar refractivity (Wildman–Crippen MR) is 31.8 cm³/mol. The summed E-state index contributed by atoms with van der Waals surface area (Å²) in [5.74, 6) is 0. The average Bonchev–Trinajstić information content (AvgIpc) is 1.67. The minimum Gasteiger partial charge on any atom is -0.390 e. The van der Waals surface area contributed by atoms with Gasteiger partial charge in [-0.25, -0.2) is 0 Å². The summed E-state index contributed by atoms with van der Waals surface area (Å²) >= 11 is 0. The highest BCUT2D eigenvalue weighted by molar-refractivity contribution is 4.82. The lowest BCUT2D eigenvalue weighted by Crippen LogP contribution is -2.62. The van der Waals surface area contributed by atoms with Gasteiger partial charge in [0.25, 0.3) is 0 Å². The molecule has 0 aliphatic rings. The van der Waals surface area contributed by atoms with Crippen LogP contribution in [0.15, 0.2) is 0 Å². The van der Waals surface area contributed by atoms with Crippen LogP contribution in [0.25, 0.3) is 0 Å². The topological polar surface area (TPSA) is 98.3 Å². The fraction of sp³-hybridized carbons (Fsp3) is 1.00. The molecule has 0 saturated heterocycles. The molecule has 4 heteroatoms. The van der Waals surface area contributed by atoms with Crippen LogP contribution in [-0.2, 0) is 0 Å². The largest absolute Gasteiger partial charge is 0.390 e. The zero-order valence-corrected chi connectivity index (χ0v) is 4.96. The Hall–Kier alpha value is -0.160. The van der Waals surface area contributed by atoms with Crippen LogP contribution < -0.4 is 17.2 Å². The number of nitrogens with two attached hydrogens (primary N) is 3. The Bertz CT molecular complexity index is 71.7. The summed E-state index contributed by atoms with van der Waals surface area (Å²) in [5, 5.41) is 8.75. The summed E-state index contributed by atoms with van der Waals surface area (Å²) in [7, 11) is 0. The first-order valence-electron chi connectivity index (χ1n) is 2.46. The van der Waals surface area contributed by atoms with Crippen molar-refractivity contribution in [3.63, 3.8) is 0 Å². The molecule has 0 bridgehead atoms. The molecule has 0 saturated carbocycles. The van der Waals surface area contributed by atoms with Crippen LogP contribution in [-0.4, -0.2) is 23.4 Å². The minimum absolute atomic E-state index is 0.0880. The molecule has 0 heterocycles. The summed E-state index contributed by atoms with van der Waals surface area (Å²) < 4.78 is 0. The van der Waals surface area contributed by atoms with Gasteiger partial charge in [0.15, 0.2) is 0 Å². The molecule has 0 radical (unpaired) electrons. The van der Waals surface area contributed by atoms with Crippen LogP contribution in [0.4, 0.5) is 0 Å². The zero-order valence-electron chi connectivity index (χ0n) is 4.96. The van der Waals surface area contributed by atoms with Crippen molar-refractivity contribution in [1.82, 2.24) is 0 Å². The monoisotopic (exact) mass is 119 g/mol. The fourth-order valence-electron chi connectivity index (χ4n) is 0.171. The van der Waals surface area contributed by atoms with E-state index in [0.717, 1.165) is 0 Å². The Balaban J connectivity index is 3.71. The molecule has 0 aromatic carbocycles. The summed E-state index contributed by atoms with van der Waals surface area (Å²) in [4.78, 5) is 0. The van der Waals surface area contributed by atoms with Gasteiger partial charge in [-0.3, -0.25) is 0 Å². The summed E-state index contributed by atoms with van der Waals surface area (Å²) in [6.07, 6.45) is -0.757. The number of aliphatic hydroxyl groups is 1. The lowest BCUT2D eigenvalue weighted by atomic mass is 10.1. The van der Waals surface area contributed by atoms with Gasteiger partial charge in [-0.15, -0.1) is 0 Å². The molecule has 0 aromatic heterocycles. The molecule has 0 aliphatic carbocycles. The Morgan fingerprint density at radius 3 is 2.00 bits per heavy atom. The SMILES string of the molecule is CC(O)C(N)(N)CN. The molecule has 0 aromatic rings. The minimum atomic E-state index is -1.12. The van der Waals surface area contributed by atoms with Crippen molar-refractivity contribution in [2.75, 3.05) is 6.54 Å². The third-order valence-corrected chi connectivity index (χ3v) is 1.13. The molecular formula is C4H13N3O. The van der Waals surface area contributed by atoms with Gasteiger partial charge in [-0.05, 0) is 6.92 Å². The van der Waals surface area contributed by atoms with E-state index in [0.29, 0.717) is 0 Å². The first-order valence-corrected chi connectivity index (χ1v) is 2.46. The van der Waals surface area contributed by atoms with E-state index in [-0.39, 0.29) is 6.54 Å². The van der Waals surface area contributed by atoms with E-state index >= 15 is 0 Å². The van der Waals surface area contributed by atoms with Gasteiger partial charge in [0.1, 0.15) is 5.66 Å². The lowest BCUT2D eigenvalue weighted by molar-refractivity contribution is 0.109. The van der Waals surface area contributed by atoms with Crippen LogP contribution in [0.1, 0.15) is 6.92 Å². The van der Waals surface area contributed by atoms with Gasteiger partial charge in [-0.2, -0.15) is 0 Å². The third kappa shape index (κ3) is 1.75. The molecule has 0 spiro atoms. The molecule has 0 fully saturated rings. The van der Waals surface area contributed by atoms with Crippen molar-refractivity contribution in [3.05, 3.63) is 0 Å². The van der Waals surface area contributed by atoms with E-state index in [1.165, 1.54) is 6.92 Å². The number of aliphatic hydroxyl groups excluding tert-OH is 1. The van der Waals surface area contributed by atoms with Crippen LogP contribution in [0, 0.1) is 0 Å². The third-order valence-electron chi connectivity index (χ3n) is 1.13. The van der Waals surface area contributed by atoms with E-state index in [1.54, 1.807) is 0 Å². The highest BCUT2D eigenvalue weighted by atomic mass is 16.3. The molecule has 0 rings (SSSR count). The predicted octanol–water partition coefficient (Wildman–Crippen LogP) is -2.06. The Labute approximate surface area is 48.6 Å². The van der Waals surface area contributed by atoms with Gasteiger partial charge in [0, 0.05) is 6.54 Å². The molecule has 50 valence electrons. The second-order valence-electron chi connectivity index (χ2n) is 1.99. The van der Waals surface area contributed by atoms with E-state index < -0.39 is 11.8 Å². The second kappa shape index (κ2) is 2.41. The molecule has 8 heavy (non-hydrogen) atoms. The summed E-state index contributed by atoms with van der Waals surface area (Å²) in [6, 6.07) is 0. The molecule has 7 N–H and O–H groups in total. The van der Waals surface area contributed by atoms with E-state index in [4.69, 9.17) is 22.3 Å². The van der Waals surface area contributed by atoms with Crippen molar-refractivity contribution in [2.45, 2.75) is 18.7 Å². The Morgan fingerprint density at radius 1 is 1.62 bits per heavy atom. The molecule has 4 nitrogen and oxygen atoms in total. The van der Waals surface area contributed by atoms with Crippen LogP contribution in [0.2, 0.25) is 0 Å². The number of hydrogen-bond acceptors (Lipinski definition) is 4. The first kappa shape index (κ1) is 7.84. The summed E-state index contributed by atoms with van der Waals surface area (Å²) in [5.41, 5.74) is 14.5. The van der Waals surface area contributed by atoms with E-state index in [2.05, 4.69) is 0 Å². The Morgan fingerprint density at radius 2 is 2.00 bits per heavy atom. The average molecular weight is 119 g/mol. The molecule has 1 atom stereocenters. The highest BCUT2D eigenvalue weighted by Gasteiger charge is 2.22. The fourth-order valence-corrected chi connectivity index (χ4v) is 0.171. The van der Waals surface area contributed by atoms with Crippen molar-refractivity contribution in [1.29, 1.82) is 0 Å². The van der Waals surface area contributed by atoms with Gasteiger partial charge >= 0.3 is 0 Å². The van der Waals surface area contributed by atoms with Crippen LogP contribution in [0.3, 0.4) is 0 Å². The van der Waals surface area contributed by atoms with E-state index in [1.807, 2.05) is 0 Å². The lowest BCUT2D eigenvalue weighted by Gasteiger charge is -2.25. The van der Waals surface area contributed by atoms with Crippen LogP contribution in [0.5, 0.6) is 0 Å². The van der Waals surface area contributed by atoms with Crippen molar-refractivity contribution < 1.29 is 5.11 Å². The zero-order chi connectivity index (χ0) is 6.78. The van der Waals surface area contributed by atoms with Crippen molar-refractivity contribution in [2.24, 2.45) is 17.2 Å². The van der Waals surface area contributed by atoms with Crippen LogP contribution >= 0.6 is 0 Å². The maximum absolute atomic E-state index is 8.75. The molecule has 0 amide bonds. The number of rotatable bonds is 2. The van der Waals surface area contributed by atoms with Gasteiger partial charge in [0.2, 0.25) is 0 Å². The maximum atomic E-state index is 8.75. The standard InChI is InChI=1S/C4H13N3O/c1-3(8)4(6,7)2-5/h3,8H,2,5-7H2,1H3. The quantitative estimate of drug-likeness (QED) is 0.314. The van der Waals surface area contributed by atoms with Gasteiger partial charge < -0.3 is 22.3 Å². The normalized spacial score (nSPS) is 16.1. The molecular weight excluding hydrogens is 106 g/mol. The first-order chi connectivity index (χ1) is 3.50. The Kier molecular flexibility index (Phi) is 2.36. The highest BCUT2D eigenvalue weighted by Crippen LogP contribution is 1.93.